The SMILES string of the molecule is Cc1cccc(CN(C)C(=O)C2COCCN2)n1. The zero-order valence-electron chi connectivity index (χ0n) is 10.8. The highest BCUT2D eigenvalue weighted by atomic mass is 16.5. The van der Waals surface area contributed by atoms with Gasteiger partial charge in [0.15, 0.2) is 0 Å². The summed E-state index contributed by atoms with van der Waals surface area (Å²) in [5.41, 5.74) is 1.87. The fourth-order valence-corrected chi connectivity index (χ4v) is 2.00. The Balaban J connectivity index is 1.94. The van der Waals surface area contributed by atoms with E-state index in [2.05, 4.69) is 10.3 Å². The highest BCUT2D eigenvalue weighted by molar-refractivity contribution is 5.81. The van der Waals surface area contributed by atoms with Crippen molar-refractivity contribution in [1.29, 1.82) is 0 Å². The molecule has 1 aromatic rings. The minimum absolute atomic E-state index is 0.0537. The second-order valence-electron chi connectivity index (χ2n) is 4.55. The van der Waals surface area contributed by atoms with Crippen LogP contribution in [0.15, 0.2) is 18.2 Å². The first kappa shape index (κ1) is 13.0. The van der Waals surface area contributed by atoms with Gasteiger partial charge in [0.2, 0.25) is 5.91 Å². The first-order valence-electron chi connectivity index (χ1n) is 6.15. The van der Waals surface area contributed by atoms with E-state index in [-0.39, 0.29) is 11.9 Å². The lowest BCUT2D eigenvalue weighted by atomic mass is 10.2. The third-order valence-electron chi connectivity index (χ3n) is 2.94. The quantitative estimate of drug-likeness (QED) is 0.839. The molecule has 1 N–H and O–H groups in total. The van der Waals surface area contributed by atoms with Crippen molar-refractivity contribution < 1.29 is 9.53 Å². The van der Waals surface area contributed by atoms with Gasteiger partial charge in [0.1, 0.15) is 6.04 Å². The second kappa shape index (κ2) is 5.93. The Morgan fingerprint density at radius 3 is 3.11 bits per heavy atom. The van der Waals surface area contributed by atoms with Crippen LogP contribution in [-0.4, -0.2) is 48.6 Å². The van der Waals surface area contributed by atoms with Crippen molar-refractivity contribution in [2.45, 2.75) is 19.5 Å². The molecule has 0 aromatic carbocycles. The molecule has 0 aliphatic carbocycles. The Morgan fingerprint density at radius 2 is 2.44 bits per heavy atom. The highest BCUT2D eigenvalue weighted by Gasteiger charge is 2.24. The fraction of sp³-hybridized carbons (Fsp3) is 0.538. The molecule has 98 valence electrons. The summed E-state index contributed by atoms with van der Waals surface area (Å²) >= 11 is 0. The van der Waals surface area contributed by atoms with E-state index in [1.54, 1.807) is 11.9 Å². The Bertz CT molecular complexity index is 416. The number of carbonyl (C=O) groups excluding carboxylic acids is 1. The highest BCUT2D eigenvalue weighted by Crippen LogP contribution is 2.05. The van der Waals surface area contributed by atoms with Crippen molar-refractivity contribution in [1.82, 2.24) is 15.2 Å². The number of aryl methyl sites for hydroxylation is 1. The van der Waals surface area contributed by atoms with Crippen LogP contribution in [0.3, 0.4) is 0 Å². The second-order valence-corrected chi connectivity index (χ2v) is 4.55. The van der Waals surface area contributed by atoms with Crippen LogP contribution < -0.4 is 5.32 Å². The molecule has 5 heteroatoms. The maximum absolute atomic E-state index is 12.1. The molecule has 1 aliphatic rings. The van der Waals surface area contributed by atoms with Gasteiger partial charge in [0.05, 0.1) is 25.5 Å². The van der Waals surface area contributed by atoms with Gasteiger partial charge >= 0.3 is 0 Å². The molecule has 1 aromatic heterocycles. The molecule has 5 nitrogen and oxygen atoms in total. The number of nitrogens with one attached hydrogen (secondary N) is 1. The summed E-state index contributed by atoms with van der Waals surface area (Å²) in [5, 5.41) is 3.16. The maximum atomic E-state index is 12.1. The van der Waals surface area contributed by atoms with Gasteiger partial charge in [-0.1, -0.05) is 6.07 Å². The largest absolute Gasteiger partial charge is 0.378 e. The summed E-state index contributed by atoms with van der Waals surface area (Å²) in [6, 6.07) is 5.61. The van der Waals surface area contributed by atoms with Crippen LogP contribution in [-0.2, 0) is 16.1 Å². The summed E-state index contributed by atoms with van der Waals surface area (Å²) < 4.78 is 5.30. The Kier molecular flexibility index (Phi) is 4.28. The number of amides is 1. The van der Waals surface area contributed by atoms with Gasteiger partial charge in [-0.2, -0.15) is 0 Å². The predicted molar refractivity (Wildman–Crippen MR) is 68.1 cm³/mol. The molecule has 1 amide bonds. The maximum Gasteiger partial charge on any atom is 0.242 e. The van der Waals surface area contributed by atoms with Gasteiger partial charge in [-0.3, -0.25) is 9.78 Å². The molecule has 1 aliphatic heterocycles. The van der Waals surface area contributed by atoms with Gasteiger partial charge in [0, 0.05) is 19.3 Å². The number of morpholine rings is 1. The van der Waals surface area contributed by atoms with E-state index in [0.717, 1.165) is 17.9 Å². The number of rotatable bonds is 3. The summed E-state index contributed by atoms with van der Waals surface area (Å²) in [6.07, 6.45) is 0. The minimum atomic E-state index is -0.228. The first-order chi connectivity index (χ1) is 8.66. The van der Waals surface area contributed by atoms with E-state index in [1.165, 1.54) is 0 Å². The zero-order valence-corrected chi connectivity index (χ0v) is 10.8. The molecule has 1 fully saturated rings. The van der Waals surface area contributed by atoms with Crippen molar-refractivity contribution in [3.63, 3.8) is 0 Å². The van der Waals surface area contributed by atoms with Gasteiger partial charge < -0.3 is 15.0 Å². The summed E-state index contributed by atoms with van der Waals surface area (Å²) in [5.74, 6) is 0.0537. The van der Waals surface area contributed by atoms with E-state index in [9.17, 15) is 4.79 Å². The molecule has 1 unspecified atom stereocenters. The van der Waals surface area contributed by atoms with E-state index < -0.39 is 0 Å². The monoisotopic (exact) mass is 249 g/mol. The Hall–Kier alpha value is -1.46. The number of pyridine rings is 1. The van der Waals surface area contributed by atoms with Gasteiger partial charge in [-0.15, -0.1) is 0 Å². The summed E-state index contributed by atoms with van der Waals surface area (Å²) in [4.78, 5) is 18.2. The van der Waals surface area contributed by atoms with E-state index in [1.807, 2.05) is 25.1 Å². The van der Waals surface area contributed by atoms with Crippen molar-refractivity contribution in [3.05, 3.63) is 29.6 Å². The summed E-state index contributed by atoms with van der Waals surface area (Å²) in [7, 11) is 1.79. The molecular formula is C13H19N3O2. The molecular weight excluding hydrogens is 230 g/mol. The molecule has 0 radical (unpaired) electrons. The molecule has 0 saturated carbocycles. The van der Waals surface area contributed by atoms with Crippen LogP contribution in [0, 0.1) is 6.92 Å². The number of aromatic nitrogens is 1. The lowest BCUT2D eigenvalue weighted by molar-refractivity contribution is -0.135. The van der Waals surface area contributed by atoms with Crippen molar-refractivity contribution in [2.75, 3.05) is 26.8 Å². The average molecular weight is 249 g/mol. The molecule has 1 saturated heterocycles. The number of likely N-dealkylation sites (N-methyl/N-ethyl adjacent to an activating group) is 1. The molecule has 0 spiro atoms. The molecule has 2 rings (SSSR count). The topological polar surface area (TPSA) is 54.5 Å². The molecule has 18 heavy (non-hydrogen) atoms. The van der Waals surface area contributed by atoms with Crippen LogP contribution >= 0.6 is 0 Å². The van der Waals surface area contributed by atoms with Crippen LogP contribution in [0.4, 0.5) is 0 Å². The number of nitrogens with zero attached hydrogens (tertiary/aromatic N) is 2. The number of ether oxygens (including phenoxy) is 1. The van der Waals surface area contributed by atoms with Crippen LogP contribution in [0.1, 0.15) is 11.4 Å². The lowest BCUT2D eigenvalue weighted by Crippen LogP contribution is -2.51. The van der Waals surface area contributed by atoms with E-state index in [0.29, 0.717) is 19.8 Å². The smallest absolute Gasteiger partial charge is 0.242 e. The average Bonchev–Trinajstić information content (AvgIpc) is 2.39. The number of hydrogen-bond acceptors (Lipinski definition) is 4. The van der Waals surface area contributed by atoms with Gasteiger partial charge in [0.25, 0.3) is 0 Å². The Labute approximate surface area is 107 Å². The fourth-order valence-electron chi connectivity index (χ4n) is 2.00. The molecule has 1 atom stereocenters. The van der Waals surface area contributed by atoms with Crippen LogP contribution in [0.2, 0.25) is 0 Å². The molecule has 2 heterocycles. The number of hydrogen-bond donors (Lipinski definition) is 1. The van der Waals surface area contributed by atoms with Crippen LogP contribution in [0.25, 0.3) is 0 Å². The third-order valence-corrected chi connectivity index (χ3v) is 2.94. The van der Waals surface area contributed by atoms with Crippen molar-refractivity contribution in [2.24, 2.45) is 0 Å². The van der Waals surface area contributed by atoms with E-state index in [4.69, 9.17) is 4.74 Å². The normalized spacial score (nSPS) is 19.6. The zero-order chi connectivity index (χ0) is 13.0. The third kappa shape index (κ3) is 3.27. The first-order valence-corrected chi connectivity index (χ1v) is 6.15. The molecule has 0 bridgehead atoms. The number of carbonyl (C=O) groups is 1. The summed E-state index contributed by atoms with van der Waals surface area (Å²) in [6.45, 7) is 4.32. The minimum Gasteiger partial charge on any atom is -0.378 e. The van der Waals surface area contributed by atoms with Gasteiger partial charge in [-0.05, 0) is 19.1 Å². The predicted octanol–water partition coefficient (Wildman–Crippen LogP) is 0.337. The van der Waals surface area contributed by atoms with Crippen LogP contribution in [0.5, 0.6) is 0 Å². The Morgan fingerprint density at radius 1 is 1.61 bits per heavy atom. The van der Waals surface area contributed by atoms with Gasteiger partial charge in [-0.25, -0.2) is 0 Å². The van der Waals surface area contributed by atoms with Crippen molar-refractivity contribution in [3.8, 4) is 0 Å². The van der Waals surface area contributed by atoms with E-state index >= 15 is 0 Å². The standard InChI is InChI=1S/C13H19N3O2/c1-10-4-3-5-11(15-10)8-16(2)13(17)12-9-18-7-6-14-12/h3-5,12,14H,6-9H2,1-2H3. The lowest BCUT2D eigenvalue weighted by Gasteiger charge is -2.27. The van der Waals surface area contributed by atoms with Crippen molar-refractivity contribution >= 4 is 5.91 Å².